The molecule has 1 rings (SSSR count). The van der Waals surface area contributed by atoms with Gasteiger partial charge in [-0.05, 0) is 13.0 Å². The minimum absolute atomic E-state index is 1.02. The molecule has 1 aromatic heterocycles. The molecule has 0 saturated heterocycles. The highest BCUT2D eigenvalue weighted by Crippen LogP contribution is 1.99. The molecule has 7 heteroatoms. The van der Waals surface area contributed by atoms with Gasteiger partial charge < -0.3 is 0 Å². The van der Waals surface area contributed by atoms with Crippen molar-refractivity contribution < 1.29 is 4.57 Å². The second-order valence-corrected chi connectivity index (χ2v) is 4.00. The van der Waals surface area contributed by atoms with Crippen LogP contribution in [0.5, 0.6) is 0 Å². The smallest absolute Gasteiger partial charge is 0.245 e. The zero-order valence-corrected chi connectivity index (χ0v) is 11.3. The first-order chi connectivity index (χ1) is 8.59. The zero-order valence-electron chi connectivity index (χ0n) is 9.71. The van der Waals surface area contributed by atoms with Gasteiger partial charge in [0.25, 0.3) is 0 Å². The summed E-state index contributed by atoms with van der Waals surface area (Å²) in [7, 11) is 0. The van der Waals surface area contributed by atoms with Crippen LogP contribution >= 0.6 is 15.9 Å². The van der Waals surface area contributed by atoms with E-state index in [0.717, 1.165) is 11.1 Å². The van der Waals surface area contributed by atoms with Gasteiger partial charge in [-0.25, -0.2) is 21.0 Å². The van der Waals surface area contributed by atoms with Crippen LogP contribution < -0.4 is 4.57 Å². The summed E-state index contributed by atoms with van der Waals surface area (Å²) in [6, 6.07) is 6.06. The molecule has 0 amide bonds. The lowest BCUT2D eigenvalue weighted by molar-refractivity contribution is -0.704. The average Bonchev–Trinajstić information content (AvgIpc) is 2.43. The van der Waals surface area contributed by atoms with Crippen molar-refractivity contribution in [1.82, 2.24) is 0 Å². The predicted octanol–water partition coefficient (Wildman–Crippen LogP) is 1.44. The minimum Gasteiger partial charge on any atom is -0.245 e. The van der Waals surface area contributed by atoms with Crippen molar-refractivity contribution in [2.24, 2.45) is 0 Å². The van der Waals surface area contributed by atoms with E-state index in [9.17, 15) is 0 Å². The third-order valence-electron chi connectivity index (χ3n) is 2.00. The Morgan fingerprint density at radius 1 is 1.11 bits per heavy atom. The fraction of sp³-hybridized carbons (Fsp3) is 0.182. The lowest BCUT2D eigenvalue weighted by Gasteiger charge is -1.98. The molecule has 0 saturated carbocycles. The van der Waals surface area contributed by atoms with Gasteiger partial charge in [0.15, 0.2) is 6.20 Å². The fourth-order valence-electron chi connectivity index (χ4n) is 0.885. The lowest BCUT2D eigenvalue weighted by atomic mass is 9.30. The van der Waals surface area contributed by atoms with Gasteiger partial charge in [0.05, 0.1) is 0 Å². The standard InChI is InChI=1S/C7H9BrN.C4BN4/c1-2-9-6-4-3-5-7(9)8;6-1-5(2-7,3-8)4-9/h3-6H,2H2,1H3;/q+1;-1. The summed E-state index contributed by atoms with van der Waals surface area (Å²) in [5, 5.41) is 32.3. The van der Waals surface area contributed by atoms with Crippen LogP contribution in [-0.2, 0) is 6.54 Å². The number of rotatable bonds is 1. The summed E-state index contributed by atoms with van der Waals surface area (Å²) in [5.74, 6) is 5.38. The van der Waals surface area contributed by atoms with Crippen LogP contribution in [0, 0.1) is 44.9 Å². The molecule has 88 valence electrons. The second kappa shape index (κ2) is 7.85. The maximum Gasteiger partial charge on any atom is 0.383 e. The van der Waals surface area contributed by atoms with Gasteiger partial charge in [-0.1, -0.05) is 0 Å². The Labute approximate surface area is 114 Å². The summed E-state index contributed by atoms with van der Waals surface area (Å²) in [4.78, 5) is 0. The number of nitrogens with zero attached hydrogens (tertiary/aromatic N) is 5. The molecule has 0 aromatic carbocycles. The molecule has 0 bridgehead atoms. The van der Waals surface area contributed by atoms with Crippen molar-refractivity contribution >= 4 is 22.1 Å². The second-order valence-electron chi connectivity index (χ2n) is 3.19. The Morgan fingerprint density at radius 3 is 1.83 bits per heavy atom. The van der Waals surface area contributed by atoms with Crippen molar-refractivity contribution in [3.05, 3.63) is 29.0 Å². The third kappa shape index (κ3) is 4.26. The predicted molar refractivity (Wildman–Crippen MR) is 68.2 cm³/mol. The number of hydrogen-bond acceptors (Lipinski definition) is 4. The van der Waals surface area contributed by atoms with Gasteiger partial charge in [0, 0.05) is 28.1 Å². The van der Waals surface area contributed by atoms with E-state index in [1.54, 1.807) is 0 Å². The van der Waals surface area contributed by atoms with E-state index in [4.69, 9.17) is 21.0 Å². The number of halogens is 1. The molecule has 0 radical (unpaired) electrons. The quantitative estimate of drug-likeness (QED) is 0.445. The summed E-state index contributed by atoms with van der Waals surface area (Å²) >= 11 is 3.42. The van der Waals surface area contributed by atoms with E-state index in [2.05, 4.69) is 27.4 Å². The Hall–Kier alpha value is -2.35. The highest BCUT2D eigenvalue weighted by atomic mass is 79.9. The molecule has 18 heavy (non-hydrogen) atoms. The van der Waals surface area contributed by atoms with Gasteiger partial charge in [-0.3, -0.25) is 0 Å². The van der Waals surface area contributed by atoms with Crippen molar-refractivity contribution in [3.8, 4) is 23.9 Å². The van der Waals surface area contributed by atoms with E-state index in [1.165, 1.54) is 23.9 Å². The Bertz CT molecular complexity index is 511. The Kier molecular flexibility index (Phi) is 6.83. The molecular weight excluding hydrogens is 293 g/mol. The summed E-state index contributed by atoms with van der Waals surface area (Å²) in [6.45, 7) is 3.13. The number of hydrogen-bond donors (Lipinski definition) is 0. The molecule has 0 N–H and O–H groups in total. The highest BCUT2D eigenvalue weighted by molar-refractivity contribution is 9.10. The van der Waals surface area contributed by atoms with Crippen molar-refractivity contribution in [3.63, 3.8) is 0 Å². The number of nitriles is 4. The topological polar surface area (TPSA) is 99.0 Å². The van der Waals surface area contributed by atoms with Gasteiger partial charge >= 0.3 is 6.15 Å². The zero-order chi connectivity index (χ0) is 14.0. The molecule has 0 atom stereocenters. The first-order valence-electron chi connectivity index (χ1n) is 5.03. The Balaban J connectivity index is 0.000000321. The van der Waals surface area contributed by atoms with Crippen LogP contribution in [0.25, 0.3) is 0 Å². The van der Waals surface area contributed by atoms with Crippen LogP contribution in [0.15, 0.2) is 29.0 Å². The van der Waals surface area contributed by atoms with Gasteiger partial charge in [-0.2, -0.15) is 4.57 Å². The Morgan fingerprint density at radius 2 is 1.61 bits per heavy atom. The van der Waals surface area contributed by atoms with Crippen molar-refractivity contribution in [1.29, 1.82) is 21.0 Å². The lowest BCUT2D eigenvalue weighted by Crippen LogP contribution is -2.32. The van der Waals surface area contributed by atoms with Gasteiger partial charge in [0.2, 0.25) is 4.60 Å². The molecule has 0 spiro atoms. The molecule has 1 heterocycles. The normalized spacial score (nSPS) is 8.56. The largest absolute Gasteiger partial charge is 0.383 e. The van der Waals surface area contributed by atoms with Crippen LogP contribution in [0.1, 0.15) is 6.92 Å². The molecular formula is C11H9BBrN5. The minimum atomic E-state index is -2.72. The van der Waals surface area contributed by atoms with Gasteiger partial charge in [0.1, 0.15) is 6.54 Å². The molecule has 0 fully saturated rings. The summed E-state index contributed by atoms with van der Waals surface area (Å²) < 4.78 is 3.26. The fourth-order valence-corrected chi connectivity index (χ4v) is 1.41. The average molecular weight is 302 g/mol. The molecule has 1 aromatic rings. The van der Waals surface area contributed by atoms with E-state index in [0.29, 0.717) is 0 Å². The molecule has 0 aliphatic rings. The first kappa shape index (κ1) is 15.7. The van der Waals surface area contributed by atoms with E-state index < -0.39 is 6.15 Å². The van der Waals surface area contributed by atoms with E-state index >= 15 is 0 Å². The molecule has 5 nitrogen and oxygen atoms in total. The monoisotopic (exact) mass is 301 g/mol. The first-order valence-corrected chi connectivity index (χ1v) is 5.82. The van der Waals surface area contributed by atoms with Crippen molar-refractivity contribution in [2.75, 3.05) is 0 Å². The van der Waals surface area contributed by atoms with Crippen LogP contribution in [0.2, 0.25) is 0 Å². The van der Waals surface area contributed by atoms with E-state index in [-0.39, 0.29) is 0 Å². The van der Waals surface area contributed by atoms with Crippen LogP contribution in [0.3, 0.4) is 0 Å². The number of aromatic nitrogens is 1. The highest BCUT2D eigenvalue weighted by Gasteiger charge is 2.22. The van der Waals surface area contributed by atoms with Crippen LogP contribution in [-0.4, -0.2) is 6.15 Å². The number of aryl methyl sites for hydroxylation is 1. The maximum absolute atomic E-state index is 8.09. The third-order valence-corrected chi connectivity index (χ3v) is 2.72. The maximum atomic E-state index is 8.09. The molecule has 0 aliphatic carbocycles. The molecule has 0 aliphatic heterocycles. The summed E-state index contributed by atoms with van der Waals surface area (Å²) in [5.41, 5.74) is 0. The van der Waals surface area contributed by atoms with E-state index in [1.807, 2.05) is 24.4 Å². The van der Waals surface area contributed by atoms with Crippen LogP contribution in [0.4, 0.5) is 0 Å². The van der Waals surface area contributed by atoms with Gasteiger partial charge in [-0.15, -0.1) is 23.9 Å². The number of pyridine rings is 1. The molecule has 0 unspecified atom stereocenters. The summed E-state index contributed by atoms with van der Waals surface area (Å²) in [6.07, 6.45) is -0.677. The van der Waals surface area contributed by atoms with Crippen molar-refractivity contribution in [2.45, 2.75) is 13.5 Å². The SMILES string of the molecule is CC[n+]1ccccc1Br.N#C[B-](C#N)(C#N)C#N.